The van der Waals surface area contributed by atoms with Gasteiger partial charge in [0, 0.05) is 23.0 Å². The number of aromatic amines is 1. The number of carbonyl (C=O) groups excluding carboxylic acids is 2. The summed E-state index contributed by atoms with van der Waals surface area (Å²) < 4.78 is 0. The minimum Gasteiger partial charge on any atom is -0.350 e. The zero-order valence-corrected chi connectivity index (χ0v) is 15.6. The summed E-state index contributed by atoms with van der Waals surface area (Å²) in [7, 11) is 0. The summed E-state index contributed by atoms with van der Waals surface area (Å²) in [6.45, 7) is 4.62. The predicted molar refractivity (Wildman–Crippen MR) is 107 cm³/mol. The summed E-state index contributed by atoms with van der Waals surface area (Å²) in [6.07, 6.45) is 2.34. The monoisotopic (exact) mass is 361 g/mol. The molecule has 0 bridgehead atoms. The second-order valence-electron chi connectivity index (χ2n) is 7.40. The molecule has 5 nitrogen and oxygen atoms in total. The zero-order valence-electron chi connectivity index (χ0n) is 15.6. The molecule has 0 aliphatic heterocycles. The molecule has 5 heteroatoms. The minimum absolute atomic E-state index is 0.185. The molecule has 27 heavy (non-hydrogen) atoms. The third-order valence-corrected chi connectivity index (χ3v) is 4.95. The van der Waals surface area contributed by atoms with Crippen LogP contribution in [0.4, 0.5) is 5.69 Å². The highest BCUT2D eigenvalue weighted by Gasteiger charge is 2.24. The quantitative estimate of drug-likeness (QED) is 0.638. The standard InChI is InChI=1S/C22H23N3O2/c1-13-4-3-5-16(10-13)21(26)25-19-17-11-14(2)6-9-18(17)24-20(19)22(27)23-12-15-7-8-15/h3-6,9-11,15,24H,7-8,12H2,1-2H3,(H,23,27)(H,25,26). The Hall–Kier alpha value is -3.08. The number of anilines is 1. The van der Waals surface area contributed by atoms with Gasteiger partial charge in [0.05, 0.1) is 5.69 Å². The van der Waals surface area contributed by atoms with Crippen molar-refractivity contribution < 1.29 is 9.59 Å². The number of hydrogen-bond donors (Lipinski definition) is 3. The number of rotatable bonds is 5. The second-order valence-corrected chi connectivity index (χ2v) is 7.40. The summed E-state index contributed by atoms with van der Waals surface area (Å²) in [5.41, 5.74) is 4.42. The second kappa shape index (κ2) is 6.91. The van der Waals surface area contributed by atoms with Gasteiger partial charge >= 0.3 is 0 Å². The van der Waals surface area contributed by atoms with Crippen molar-refractivity contribution in [3.05, 3.63) is 64.8 Å². The summed E-state index contributed by atoms with van der Waals surface area (Å²) in [4.78, 5) is 28.7. The number of fused-ring (bicyclic) bond motifs is 1. The lowest BCUT2D eigenvalue weighted by Gasteiger charge is -2.09. The largest absolute Gasteiger partial charge is 0.350 e. The molecule has 0 radical (unpaired) electrons. The van der Waals surface area contributed by atoms with E-state index in [0.717, 1.165) is 22.0 Å². The molecule has 0 spiro atoms. The highest BCUT2D eigenvalue weighted by atomic mass is 16.2. The summed E-state index contributed by atoms with van der Waals surface area (Å²) in [5.74, 6) is 0.179. The summed E-state index contributed by atoms with van der Waals surface area (Å²) in [5, 5.41) is 6.78. The SMILES string of the molecule is Cc1cccc(C(=O)Nc2c(C(=O)NCC3CC3)[nH]c3ccc(C)cc23)c1. The lowest BCUT2D eigenvalue weighted by molar-refractivity contribution is 0.0948. The fraction of sp³-hybridized carbons (Fsp3) is 0.273. The van der Waals surface area contributed by atoms with E-state index in [4.69, 9.17) is 0 Å². The van der Waals surface area contributed by atoms with E-state index in [1.165, 1.54) is 12.8 Å². The van der Waals surface area contributed by atoms with E-state index >= 15 is 0 Å². The van der Waals surface area contributed by atoms with Crippen LogP contribution in [0.25, 0.3) is 10.9 Å². The van der Waals surface area contributed by atoms with Crippen LogP contribution < -0.4 is 10.6 Å². The Balaban J connectivity index is 1.69. The van der Waals surface area contributed by atoms with Crippen LogP contribution in [-0.2, 0) is 0 Å². The Morgan fingerprint density at radius 1 is 1.04 bits per heavy atom. The highest BCUT2D eigenvalue weighted by molar-refractivity contribution is 6.15. The van der Waals surface area contributed by atoms with E-state index in [1.807, 2.05) is 50.2 Å². The van der Waals surface area contributed by atoms with Crippen LogP contribution in [0.5, 0.6) is 0 Å². The maximum Gasteiger partial charge on any atom is 0.269 e. The van der Waals surface area contributed by atoms with Gasteiger partial charge in [0.1, 0.15) is 5.69 Å². The van der Waals surface area contributed by atoms with Gasteiger partial charge in [-0.3, -0.25) is 9.59 Å². The van der Waals surface area contributed by atoms with E-state index in [9.17, 15) is 9.59 Å². The van der Waals surface area contributed by atoms with E-state index in [0.29, 0.717) is 29.4 Å². The summed E-state index contributed by atoms with van der Waals surface area (Å²) >= 11 is 0. The van der Waals surface area contributed by atoms with Gasteiger partial charge in [-0.1, -0.05) is 29.3 Å². The van der Waals surface area contributed by atoms with Crippen LogP contribution in [0.3, 0.4) is 0 Å². The third kappa shape index (κ3) is 3.72. The van der Waals surface area contributed by atoms with E-state index in [-0.39, 0.29) is 11.8 Å². The van der Waals surface area contributed by atoms with Gasteiger partial charge in [-0.15, -0.1) is 0 Å². The molecule has 4 rings (SSSR count). The van der Waals surface area contributed by atoms with Crippen LogP contribution in [0.1, 0.15) is 44.8 Å². The Kier molecular flexibility index (Phi) is 4.44. The first-order valence-corrected chi connectivity index (χ1v) is 9.30. The molecule has 1 aliphatic carbocycles. The molecule has 1 heterocycles. The Morgan fingerprint density at radius 3 is 2.56 bits per heavy atom. The van der Waals surface area contributed by atoms with E-state index in [1.54, 1.807) is 6.07 Å². The highest BCUT2D eigenvalue weighted by Crippen LogP contribution is 2.30. The maximum absolute atomic E-state index is 12.8. The molecular formula is C22H23N3O2. The van der Waals surface area contributed by atoms with Crippen molar-refractivity contribution in [2.45, 2.75) is 26.7 Å². The summed E-state index contributed by atoms with van der Waals surface area (Å²) in [6, 6.07) is 13.3. The van der Waals surface area contributed by atoms with Gasteiger partial charge < -0.3 is 15.6 Å². The van der Waals surface area contributed by atoms with Crippen molar-refractivity contribution in [3.8, 4) is 0 Å². The molecule has 1 saturated carbocycles. The number of carbonyl (C=O) groups is 2. The molecule has 3 aromatic rings. The van der Waals surface area contributed by atoms with Crippen molar-refractivity contribution in [3.63, 3.8) is 0 Å². The topological polar surface area (TPSA) is 74.0 Å². The number of H-pyrrole nitrogens is 1. The normalized spacial score (nSPS) is 13.6. The molecule has 3 N–H and O–H groups in total. The smallest absolute Gasteiger partial charge is 0.269 e. The van der Waals surface area contributed by atoms with Crippen LogP contribution in [0, 0.1) is 19.8 Å². The zero-order chi connectivity index (χ0) is 19.0. The lowest BCUT2D eigenvalue weighted by Crippen LogP contribution is -2.27. The number of nitrogens with one attached hydrogen (secondary N) is 3. The first kappa shape index (κ1) is 17.3. The van der Waals surface area contributed by atoms with Crippen LogP contribution >= 0.6 is 0 Å². The van der Waals surface area contributed by atoms with Crippen LogP contribution in [0.15, 0.2) is 42.5 Å². The number of benzene rings is 2. The fourth-order valence-corrected chi connectivity index (χ4v) is 3.23. The van der Waals surface area contributed by atoms with Gasteiger partial charge in [0.25, 0.3) is 11.8 Å². The van der Waals surface area contributed by atoms with Crippen molar-refractivity contribution in [1.29, 1.82) is 0 Å². The molecule has 1 aromatic heterocycles. The van der Waals surface area contributed by atoms with Crippen molar-refractivity contribution in [2.24, 2.45) is 5.92 Å². The number of amides is 2. The number of aromatic nitrogens is 1. The van der Waals surface area contributed by atoms with Crippen LogP contribution in [-0.4, -0.2) is 23.3 Å². The average Bonchev–Trinajstić information content (AvgIpc) is 3.42. The Labute approximate surface area is 158 Å². The van der Waals surface area contributed by atoms with Gasteiger partial charge in [-0.2, -0.15) is 0 Å². The third-order valence-electron chi connectivity index (χ3n) is 4.95. The fourth-order valence-electron chi connectivity index (χ4n) is 3.23. The molecule has 0 saturated heterocycles. The van der Waals surface area contributed by atoms with Gasteiger partial charge in [-0.25, -0.2) is 0 Å². The van der Waals surface area contributed by atoms with Crippen LogP contribution in [0.2, 0.25) is 0 Å². The molecule has 1 fully saturated rings. The minimum atomic E-state index is -0.225. The molecule has 1 aliphatic rings. The maximum atomic E-state index is 12.8. The molecule has 138 valence electrons. The molecular weight excluding hydrogens is 338 g/mol. The number of hydrogen-bond acceptors (Lipinski definition) is 2. The average molecular weight is 361 g/mol. The Bertz CT molecular complexity index is 1030. The van der Waals surface area contributed by atoms with E-state index < -0.39 is 0 Å². The predicted octanol–water partition coefficient (Wildman–Crippen LogP) is 4.18. The van der Waals surface area contributed by atoms with Crippen molar-refractivity contribution >= 4 is 28.4 Å². The van der Waals surface area contributed by atoms with Crippen molar-refractivity contribution in [1.82, 2.24) is 10.3 Å². The van der Waals surface area contributed by atoms with Crippen molar-refractivity contribution in [2.75, 3.05) is 11.9 Å². The van der Waals surface area contributed by atoms with E-state index in [2.05, 4.69) is 15.6 Å². The molecule has 0 atom stereocenters. The lowest BCUT2D eigenvalue weighted by atomic mass is 10.1. The number of aryl methyl sites for hydroxylation is 2. The molecule has 2 aromatic carbocycles. The van der Waals surface area contributed by atoms with Gasteiger partial charge in [-0.05, 0) is 56.9 Å². The molecule has 2 amide bonds. The first-order chi connectivity index (χ1) is 13.0. The Morgan fingerprint density at radius 2 is 1.81 bits per heavy atom. The van der Waals surface area contributed by atoms with Gasteiger partial charge in [0.15, 0.2) is 0 Å². The van der Waals surface area contributed by atoms with Gasteiger partial charge in [0.2, 0.25) is 0 Å². The molecule has 0 unspecified atom stereocenters. The first-order valence-electron chi connectivity index (χ1n) is 9.30.